The second kappa shape index (κ2) is 11.5. The maximum Gasteiger partial charge on any atom is 0.303 e. The third-order valence-electron chi connectivity index (χ3n) is 13.1. The summed E-state index contributed by atoms with van der Waals surface area (Å²) in [7, 11) is 4.78. The number of nitrogens with zero attached hydrogens (tertiary/aromatic N) is 4. The lowest BCUT2D eigenvalue weighted by Gasteiger charge is -2.38. The summed E-state index contributed by atoms with van der Waals surface area (Å²) in [5.41, 5.74) is 4.34. The van der Waals surface area contributed by atoms with E-state index in [1.807, 2.05) is 13.1 Å². The first-order valence-electron chi connectivity index (χ1n) is 17.8. The number of hydrogen-bond acceptors (Lipinski definition) is 7. The van der Waals surface area contributed by atoms with Gasteiger partial charge in [-0.05, 0) is 92.4 Å². The number of carbonyl (C=O) groups is 2. The Hall–Kier alpha value is -3.15. The topological polar surface area (TPSA) is 102 Å². The Morgan fingerprint density at radius 2 is 1.71 bits per heavy atom. The smallest absolute Gasteiger partial charge is 0.303 e. The Morgan fingerprint density at radius 3 is 2.38 bits per heavy atom. The highest BCUT2D eigenvalue weighted by Crippen LogP contribution is 2.68. The molecule has 7 atom stereocenters. The second-order valence-electron chi connectivity index (χ2n) is 15.6. The molecular formula is C37H49N5O5S. The number of nitrogens with one attached hydrogen (secondary N) is 1. The summed E-state index contributed by atoms with van der Waals surface area (Å²) < 4.78 is 34.2. The maximum atomic E-state index is 14.9. The van der Waals surface area contributed by atoms with Crippen molar-refractivity contribution in [2.45, 2.75) is 93.8 Å². The van der Waals surface area contributed by atoms with Gasteiger partial charge < -0.3 is 14.5 Å². The summed E-state index contributed by atoms with van der Waals surface area (Å²) in [5, 5.41) is 0. The highest BCUT2D eigenvalue weighted by atomic mass is 32.2. The second-order valence-corrected chi connectivity index (χ2v) is 17.5. The van der Waals surface area contributed by atoms with Crippen molar-refractivity contribution in [2.24, 2.45) is 11.3 Å². The SMILES string of the molecule is COc1ccc2c(c1)C1CC1(C(=O)N(C)C1CC3CCC1N3C)CN1c3cc(C(=O)NS(=O)(=O)N(C)C)ccc3C(C3CCCCC3)C21. The van der Waals surface area contributed by atoms with Gasteiger partial charge in [-0.1, -0.05) is 31.4 Å². The zero-order valence-electron chi connectivity index (χ0n) is 28.8. The molecule has 0 spiro atoms. The van der Waals surface area contributed by atoms with Crippen LogP contribution in [0.15, 0.2) is 36.4 Å². The molecule has 2 saturated heterocycles. The number of carbonyl (C=O) groups excluding carboxylic acids is 2. The predicted octanol–water partition coefficient (Wildman–Crippen LogP) is 4.64. The summed E-state index contributed by atoms with van der Waals surface area (Å²) in [5.74, 6) is 1.15. The number of benzene rings is 2. The molecule has 258 valence electrons. The van der Waals surface area contributed by atoms with Gasteiger partial charge in [0.05, 0.1) is 18.6 Å². The highest BCUT2D eigenvalue weighted by molar-refractivity contribution is 7.87. The van der Waals surface area contributed by atoms with Crippen LogP contribution in [0, 0.1) is 11.3 Å². The van der Waals surface area contributed by atoms with Crippen LogP contribution in [0.4, 0.5) is 5.69 Å². The molecule has 48 heavy (non-hydrogen) atoms. The van der Waals surface area contributed by atoms with Crippen LogP contribution in [0.5, 0.6) is 5.75 Å². The molecule has 4 heterocycles. The van der Waals surface area contributed by atoms with E-state index in [2.05, 4.69) is 50.7 Å². The van der Waals surface area contributed by atoms with Gasteiger partial charge in [-0.2, -0.15) is 12.7 Å². The fourth-order valence-corrected chi connectivity index (χ4v) is 11.0. The van der Waals surface area contributed by atoms with Crippen molar-refractivity contribution in [3.63, 3.8) is 0 Å². The summed E-state index contributed by atoms with van der Waals surface area (Å²) in [6.45, 7) is 0.566. The quantitative estimate of drug-likeness (QED) is 0.457. The van der Waals surface area contributed by atoms with Crippen LogP contribution in [0.1, 0.15) is 103 Å². The molecule has 10 nitrogen and oxygen atoms in total. The summed E-state index contributed by atoms with van der Waals surface area (Å²) >= 11 is 0. The van der Waals surface area contributed by atoms with Crippen LogP contribution >= 0.6 is 0 Å². The van der Waals surface area contributed by atoms with Gasteiger partial charge in [0.25, 0.3) is 5.91 Å². The Balaban J connectivity index is 1.23. The van der Waals surface area contributed by atoms with Gasteiger partial charge in [0, 0.05) is 68.9 Å². The highest BCUT2D eigenvalue weighted by Gasteiger charge is 2.67. The maximum absolute atomic E-state index is 14.9. The standard InChI is InChI=1S/C37H49N5O5S/c1-39(2)48(45,46)38-35(43)23-11-14-27-31(17-23)42-21-37(36(44)41(4)32-18-24-12-16-30(32)40(24)3)20-29(37)28-19-25(47-5)13-15-26(28)34(42)33(27)22-9-7-6-8-10-22/h11,13-15,17,19,22,24,29-30,32-34H,6-10,12,16,18,20-21H2,1-5H3,(H,38,43). The lowest BCUT2D eigenvalue weighted by molar-refractivity contribution is -0.138. The Kier molecular flexibility index (Phi) is 7.65. The van der Waals surface area contributed by atoms with Crippen LogP contribution in [0.2, 0.25) is 0 Å². The van der Waals surface area contributed by atoms with E-state index in [0.29, 0.717) is 30.1 Å². The zero-order valence-corrected chi connectivity index (χ0v) is 29.6. The van der Waals surface area contributed by atoms with Crippen LogP contribution in [0.25, 0.3) is 0 Å². The van der Waals surface area contributed by atoms with Crippen molar-refractivity contribution in [1.29, 1.82) is 0 Å². The molecule has 2 bridgehead atoms. The lowest BCUT2D eigenvalue weighted by Crippen LogP contribution is -2.50. The van der Waals surface area contributed by atoms with Crippen LogP contribution < -0.4 is 14.4 Å². The van der Waals surface area contributed by atoms with E-state index in [9.17, 15) is 18.0 Å². The van der Waals surface area contributed by atoms with E-state index in [4.69, 9.17) is 4.74 Å². The molecule has 6 aliphatic rings. The molecule has 0 radical (unpaired) electrons. The molecule has 8 rings (SSSR count). The average Bonchev–Trinajstić information content (AvgIpc) is 3.48. The van der Waals surface area contributed by atoms with Crippen molar-refractivity contribution in [3.05, 3.63) is 58.7 Å². The number of fused-ring (bicyclic) bond motifs is 9. The summed E-state index contributed by atoms with van der Waals surface area (Å²) in [6, 6.07) is 13.4. The number of methoxy groups -OCH3 is 1. The zero-order chi connectivity index (χ0) is 33.7. The molecule has 2 amide bonds. The van der Waals surface area contributed by atoms with E-state index in [1.54, 1.807) is 13.2 Å². The molecule has 2 aromatic rings. The van der Waals surface area contributed by atoms with E-state index in [0.717, 1.165) is 47.8 Å². The Labute approximate surface area is 284 Å². The number of amides is 2. The number of likely N-dealkylation sites (N-methyl/N-ethyl adjacent to an activating group) is 2. The third-order valence-corrected chi connectivity index (χ3v) is 14.5. The van der Waals surface area contributed by atoms with Crippen molar-refractivity contribution in [3.8, 4) is 5.75 Å². The molecular weight excluding hydrogens is 627 g/mol. The first-order chi connectivity index (χ1) is 22.9. The van der Waals surface area contributed by atoms with Crippen molar-refractivity contribution in [2.75, 3.05) is 46.7 Å². The molecule has 2 aromatic carbocycles. The number of anilines is 1. The van der Waals surface area contributed by atoms with Gasteiger partial charge in [-0.3, -0.25) is 14.5 Å². The third kappa shape index (κ3) is 4.81. The predicted molar refractivity (Wildman–Crippen MR) is 184 cm³/mol. The fraction of sp³-hybridized carbons (Fsp3) is 0.622. The number of hydrogen-bond donors (Lipinski definition) is 1. The monoisotopic (exact) mass is 675 g/mol. The van der Waals surface area contributed by atoms with E-state index in [-0.39, 0.29) is 29.8 Å². The molecule has 4 fully saturated rings. The van der Waals surface area contributed by atoms with Crippen LogP contribution in [-0.2, 0) is 15.0 Å². The van der Waals surface area contributed by atoms with Gasteiger partial charge >= 0.3 is 10.2 Å². The van der Waals surface area contributed by atoms with E-state index >= 15 is 0 Å². The largest absolute Gasteiger partial charge is 0.497 e. The minimum Gasteiger partial charge on any atom is -0.497 e. The molecule has 1 N–H and O–H groups in total. The van der Waals surface area contributed by atoms with Crippen molar-refractivity contribution in [1.82, 2.24) is 18.8 Å². The molecule has 2 aliphatic carbocycles. The van der Waals surface area contributed by atoms with Crippen LogP contribution in [0.3, 0.4) is 0 Å². The van der Waals surface area contributed by atoms with Gasteiger partial charge in [0.2, 0.25) is 5.91 Å². The minimum atomic E-state index is -3.96. The first kappa shape index (κ1) is 32.1. The van der Waals surface area contributed by atoms with E-state index < -0.39 is 21.5 Å². The van der Waals surface area contributed by atoms with Gasteiger partial charge in [0.15, 0.2) is 0 Å². The Morgan fingerprint density at radius 1 is 0.958 bits per heavy atom. The summed E-state index contributed by atoms with van der Waals surface area (Å²) in [6.07, 6.45) is 10.1. The van der Waals surface area contributed by atoms with Gasteiger partial charge in [-0.25, -0.2) is 4.72 Å². The molecule has 11 heteroatoms. The molecule has 2 saturated carbocycles. The lowest BCUT2D eigenvalue weighted by atomic mass is 9.72. The number of ether oxygens (including phenoxy) is 1. The number of rotatable bonds is 7. The first-order valence-corrected chi connectivity index (χ1v) is 19.2. The van der Waals surface area contributed by atoms with Gasteiger partial charge in [0.1, 0.15) is 5.75 Å². The Bertz CT molecular complexity index is 1760. The van der Waals surface area contributed by atoms with Crippen LogP contribution in [-0.4, -0.2) is 94.3 Å². The van der Waals surface area contributed by atoms with E-state index in [1.165, 1.54) is 56.5 Å². The summed E-state index contributed by atoms with van der Waals surface area (Å²) in [4.78, 5) is 35.3. The molecule has 4 aliphatic heterocycles. The molecule has 7 unspecified atom stereocenters. The van der Waals surface area contributed by atoms with Crippen molar-refractivity contribution >= 4 is 27.7 Å². The molecule has 0 aromatic heterocycles. The average molecular weight is 676 g/mol. The van der Waals surface area contributed by atoms with Gasteiger partial charge in [-0.15, -0.1) is 0 Å². The van der Waals surface area contributed by atoms with Crippen molar-refractivity contribution < 1.29 is 22.7 Å². The minimum absolute atomic E-state index is 0.0178. The fourth-order valence-electron chi connectivity index (χ4n) is 10.4. The normalized spacial score (nSPS) is 32.2.